The van der Waals surface area contributed by atoms with Gasteiger partial charge < -0.3 is 29.2 Å². The van der Waals surface area contributed by atoms with Gasteiger partial charge in [-0.2, -0.15) is 35.3 Å². The Morgan fingerprint density at radius 1 is 0.409 bits per heavy atom. The van der Waals surface area contributed by atoms with Crippen molar-refractivity contribution in [3.8, 4) is 34.5 Å². The Kier molecular flexibility index (Phi) is 10.8. The van der Waals surface area contributed by atoms with Crippen molar-refractivity contribution in [1.29, 1.82) is 0 Å². The topological polar surface area (TPSA) is 77.4 Å². The van der Waals surface area contributed by atoms with Crippen molar-refractivity contribution < 1.29 is 29.2 Å². The van der Waals surface area contributed by atoms with Crippen molar-refractivity contribution in [1.82, 2.24) is 0 Å². The van der Waals surface area contributed by atoms with E-state index in [4.69, 9.17) is 18.9 Å². The number of halogens is 3. The second kappa shape index (κ2) is 14.7. The van der Waals surface area contributed by atoms with Gasteiger partial charge in [0.1, 0.15) is 47.9 Å². The van der Waals surface area contributed by atoms with Crippen LogP contribution < -0.4 is 18.9 Å². The summed E-state index contributed by atoms with van der Waals surface area (Å²) in [5.74, 6) is 7.07. The lowest BCUT2D eigenvalue weighted by Crippen LogP contribution is -2.10. The molecule has 0 fully saturated rings. The van der Waals surface area contributed by atoms with Crippen molar-refractivity contribution in [3.05, 3.63) is 101 Å². The fraction of sp³-hybridized carbons (Fsp3) is 0.250. The Labute approximate surface area is 294 Å². The predicted molar refractivity (Wildman–Crippen MR) is 189 cm³/mol. The van der Waals surface area contributed by atoms with Gasteiger partial charge in [0, 0.05) is 34.5 Å². The molecule has 0 radical (unpaired) electrons. The van der Waals surface area contributed by atoms with Crippen molar-refractivity contribution in [2.75, 3.05) is 13.6 Å². The van der Waals surface area contributed by atoms with E-state index in [1.54, 1.807) is 35.7 Å². The molecular weight excluding hydrogens is 816 g/mol. The third kappa shape index (κ3) is 7.93. The Bertz CT molecular complexity index is 1570. The Hall–Kier alpha value is -1.83. The zero-order valence-corrected chi connectivity index (χ0v) is 30.4. The van der Waals surface area contributed by atoms with Gasteiger partial charge in [-0.05, 0) is 118 Å². The quantitative estimate of drug-likeness (QED) is 0.180. The molecule has 10 bridgehead atoms. The van der Waals surface area contributed by atoms with Gasteiger partial charge in [0.25, 0.3) is 0 Å². The minimum absolute atomic E-state index is 0.0792. The summed E-state index contributed by atoms with van der Waals surface area (Å²) < 4.78 is 25.7. The summed E-state index contributed by atoms with van der Waals surface area (Å²) in [4.78, 5) is 0. The minimum Gasteiger partial charge on any atom is -0.507 e. The maximum absolute atomic E-state index is 10.6. The van der Waals surface area contributed by atoms with Crippen molar-refractivity contribution >= 4 is 83.1 Å². The Morgan fingerprint density at radius 3 is 1.02 bits per heavy atom. The van der Waals surface area contributed by atoms with Gasteiger partial charge in [-0.3, -0.25) is 0 Å². The van der Waals surface area contributed by atoms with Crippen LogP contribution in [0.5, 0.6) is 34.5 Å². The molecule has 0 atom stereocenters. The Balaban J connectivity index is 1.40. The highest BCUT2D eigenvalue weighted by Crippen LogP contribution is 2.41. The summed E-state index contributed by atoms with van der Waals surface area (Å²) in [6.07, 6.45) is 0. The second-order valence-electron chi connectivity index (χ2n) is 10.2. The van der Waals surface area contributed by atoms with E-state index < -0.39 is 0 Å². The molecule has 6 rings (SSSR count). The van der Waals surface area contributed by atoms with E-state index in [0.29, 0.717) is 47.9 Å². The number of phenolic OH excluding ortho intramolecular Hbond substituents is 2. The lowest BCUT2D eigenvalue weighted by molar-refractivity contribution is 0.110. The average Bonchev–Trinajstić information content (AvgIpc) is 2.99. The molecule has 2 aliphatic heterocycles. The second-order valence-corrected chi connectivity index (χ2v) is 15.5. The fourth-order valence-corrected chi connectivity index (χ4v) is 8.70. The van der Waals surface area contributed by atoms with Crippen LogP contribution in [0, 0.1) is 0 Å². The fourth-order valence-electron chi connectivity index (χ4n) is 4.84. The van der Waals surface area contributed by atoms with Gasteiger partial charge in [0.05, 0.1) is 0 Å². The minimum atomic E-state index is -0.0792. The number of fused-ring (bicyclic) bond motifs is 10. The standard InChI is InChI=1S/C32H27Br3O6S3/c33-30-24(36)4-21-6-26(30)38-16-40-28-8-23-9-29(32(28)35)41-17-39-27-7-22(5-25(37)31(27)34)14-43-11-19-1-18(10-42-13-21)2-20(3-19)12-44-15-23/h1-9,36-37H,10-17H2. The molecule has 44 heavy (non-hydrogen) atoms. The first-order valence-corrected chi connectivity index (χ1v) is 19.4. The maximum atomic E-state index is 10.6. The monoisotopic (exact) mass is 840 g/mol. The van der Waals surface area contributed by atoms with E-state index in [1.165, 1.54) is 16.7 Å². The van der Waals surface area contributed by atoms with Crippen molar-refractivity contribution in [2.24, 2.45) is 0 Å². The summed E-state index contributed by atoms with van der Waals surface area (Å²) in [6, 6.07) is 18.2. The van der Waals surface area contributed by atoms with Crippen LogP contribution in [-0.4, -0.2) is 23.8 Å². The van der Waals surface area contributed by atoms with Crippen molar-refractivity contribution in [2.45, 2.75) is 34.5 Å². The summed E-state index contributed by atoms with van der Waals surface area (Å²) >= 11 is 16.0. The van der Waals surface area contributed by atoms with Gasteiger partial charge in [0.2, 0.25) is 13.6 Å². The summed E-state index contributed by atoms with van der Waals surface area (Å²) in [7, 11) is 0. The predicted octanol–water partition coefficient (Wildman–Crippen LogP) is 10.1. The molecule has 2 aliphatic rings. The van der Waals surface area contributed by atoms with E-state index in [0.717, 1.165) is 39.7 Å². The number of rotatable bonds is 0. The van der Waals surface area contributed by atoms with E-state index in [1.807, 2.05) is 36.0 Å². The van der Waals surface area contributed by atoms with E-state index in [9.17, 15) is 10.2 Å². The summed E-state index contributed by atoms with van der Waals surface area (Å²) in [5, 5.41) is 21.2. The third-order valence-electron chi connectivity index (χ3n) is 6.81. The normalized spacial score (nSPS) is 15.5. The van der Waals surface area contributed by atoms with E-state index in [-0.39, 0.29) is 25.1 Å². The first kappa shape index (κ1) is 32.1. The zero-order valence-electron chi connectivity index (χ0n) is 23.2. The first-order valence-electron chi connectivity index (χ1n) is 13.5. The van der Waals surface area contributed by atoms with Crippen LogP contribution in [0.25, 0.3) is 0 Å². The Morgan fingerprint density at radius 2 is 0.682 bits per heavy atom. The first-order chi connectivity index (χ1) is 21.3. The van der Waals surface area contributed by atoms with Gasteiger partial charge in [-0.1, -0.05) is 18.2 Å². The maximum Gasteiger partial charge on any atom is 0.231 e. The number of aromatic hydroxyl groups is 2. The van der Waals surface area contributed by atoms with Crippen LogP contribution in [0.3, 0.4) is 0 Å². The number of ether oxygens (including phenoxy) is 4. The molecule has 6 nitrogen and oxygen atoms in total. The molecule has 0 spiro atoms. The molecule has 4 aromatic carbocycles. The molecule has 0 amide bonds. The van der Waals surface area contributed by atoms with Gasteiger partial charge in [0.15, 0.2) is 0 Å². The van der Waals surface area contributed by atoms with Crippen LogP contribution >= 0.6 is 83.1 Å². The molecule has 0 saturated heterocycles. The van der Waals surface area contributed by atoms with Gasteiger partial charge >= 0.3 is 0 Å². The smallest absolute Gasteiger partial charge is 0.231 e. The SMILES string of the molecule is Oc1cc2cc(c1Br)OCOc1cc3cc(c1Br)OCOc1cc(cc(O)c1Br)CSCc1cc(cc(c1)CSC3)CSC2. The van der Waals surface area contributed by atoms with Crippen LogP contribution in [0.2, 0.25) is 0 Å². The summed E-state index contributed by atoms with van der Waals surface area (Å²) in [5.41, 5.74) is 6.76. The van der Waals surface area contributed by atoms with Crippen LogP contribution in [0.4, 0.5) is 0 Å². The molecule has 230 valence electrons. The zero-order chi connectivity index (χ0) is 30.6. The molecule has 12 heteroatoms. The highest BCUT2D eigenvalue weighted by molar-refractivity contribution is 9.11. The van der Waals surface area contributed by atoms with Gasteiger partial charge in [-0.15, -0.1) is 0 Å². The summed E-state index contributed by atoms with van der Waals surface area (Å²) in [6.45, 7) is -0.158. The third-order valence-corrected chi connectivity index (χ3v) is 12.4. The van der Waals surface area contributed by atoms with Crippen LogP contribution in [-0.2, 0) is 34.5 Å². The molecular formula is C32H27Br3O6S3. The molecule has 0 aliphatic carbocycles. The lowest BCUT2D eigenvalue weighted by atomic mass is 10.1. The highest BCUT2D eigenvalue weighted by Gasteiger charge is 2.17. The lowest BCUT2D eigenvalue weighted by Gasteiger charge is -2.18. The number of hydrogen-bond donors (Lipinski definition) is 2. The van der Waals surface area contributed by atoms with Crippen LogP contribution in [0.15, 0.2) is 68.0 Å². The molecule has 4 aromatic rings. The molecule has 2 heterocycles. The molecule has 0 aromatic heterocycles. The van der Waals surface area contributed by atoms with E-state index in [2.05, 4.69) is 66.0 Å². The largest absolute Gasteiger partial charge is 0.507 e. The van der Waals surface area contributed by atoms with Crippen LogP contribution in [0.1, 0.15) is 33.4 Å². The number of thioether (sulfide) groups is 3. The molecule has 0 unspecified atom stereocenters. The number of benzene rings is 4. The number of hydrogen-bond acceptors (Lipinski definition) is 9. The molecule has 2 N–H and O–H groups in total. The average molecular weight is 843 g/mol. The highest BCUT2D eigenvalue weighted by atomic mass is 79.9. The van der Waals surface area contributed by atoms with E-state index >= 15 is 0 Å². The van der Waals surface area contributed by atoms with Crippen molar-refractivity contribution in [3.63, 3.8) is 0 Å². The van der Waals surface area contributed by atoms with Gasteiger partial charge in [-0.25, -0.2) is 0 Å². The molecule has 0 saturated carbocycles. The number of phenols is 2.